The van der Waals surface area contributed by atoms with Crippen molar-refractivity contribution in [2.75, 3.05) is 0 Å². The van der Waals surface area contributed by atoms with Crippen molar-refractivity contribution in [1.82, 2.24) is 5.32 Å². The van der Waals surface area contributed by atoms with Gasteiger partial charge in [0, 0.05) is 0 Å². The molecule has 0 atom stereocenters. The molecule has 0 saturated heterocycles. The van der Waals surface area contributed by atoms with Gasteiger partial charge in [-0.05, 0) is 29.3 Å². The van der Waals surface area contributed by atoms with Gasteiger partial charge >= 0.3 is 0 Å². The van der Waals surface area contributed by atoms with Gasteiger partial charge < -0.3 is 19.6 Å². The summed E-state index contributed by atoms with van der Waals surface area (Å²) in [6.07, 6.45) is 2.86. The van der Waals surface area contributed by atoms with Crippen molar-refractivity contribution in [3.05, 3.63) is 65.1 Å². The second-order valence-electron chi connectivity index (χ2n) is 4.34. The van der Waals surface area contributed by atoms with E-state index in [-0.39, 0.29) is 17.7 Å². The zero-order valence-electron chi connectivity index (χ0n) is 11.4. The minimum Gasteiger partial charge on any atom is -0.545 e. The van der Waals surface area contributed by atoms with Crippen LogP contribution in [0.5, 0.6) is 0 Å². The second-order valence-corrected chi connectivity index (χ2v) is 4.34. The molecule has 1 N–H and O–H groups in total. The highest BCUT2D eigenvalue weighted by Crippen LogP contribution is 2.09. The first-order valence-electron chi connectivity index (χ1n) is 6.34. The number of furan rings is 1. The van der Waals surface area contributed by atoms with Gasteiger partial charge in [-0.2, -0.15) is 5.26 Å². The number of carbonyl (C=O) groups excluding carboxylic acids is 2. The van der Waals surface area contributed by atoms with Crippen molar-refractivity contribution in [1.29, 1.82) is 5.26 Å². The molecule has 2 aromatic rings. The summed E-state index contributed by atoms with van der Waals surface area (Å²) in [4.78, 5) is 22.5. The van der Waals surface area contributed by atoms with E-state index in [0.29, 0.717) is 11.3 Å². The fraction of sp³-hybridized carbons (Fsp3) is 0.0625. The molecular formula is C16H11N2O4-. The van der Waals surface area contributed by atoms with Crippen LogP contribution < -0.4 is 10.4 Å². The standard InChI is InChI=1S/C16H12N2O4/c17-9-13(15(19)18-10-14-2-1-7-22-14)8-11-3-5-12(6-4-11)16(20)21/h1-8H,10H2,(H,18,19)(H,20,21)/p-1/b13-8+. The van der Waals surface area contributed by atoms with E-state index in [2.05, 4.69) is 5.32 Å². The summed E-state index contributed by atoms with van der Waals surface area (Å²) in [5.74, 6) is -1.25. The average Bonchev–Trinajstić information content (AvgIpc) is 3.04. The van der Waals surface area contributed by atoms with E-state index < -0.39 is 11.9 Å². The van der Waals surface area contributed by atoms with Crippen LogP contribution in [-0.4, -0.2) is 11.9 Å². The minimum atomic E-state index is -1.28. The third-order valence-electron chi connectivity index (χ3n) is 2.83. The maximum atomic E-state index is 11.9. The molecule has 0 unspecified atom stereocenters. The lowest BCUT2D eigenvalue weighted by molar-refractivity contribution is -0.255. The van der Waals surface area contributed by atoms with E-state index in [1.54, 1.807) is 12.1 Å². The first kappa shape index (κ1) is 15.1. The number of nitrogens with one attached hydrogen (secondary N) is 1. The van der Waals surface area contributed by atoms with Gasteiger partial charge in [-0.3, -0.25) is 4.79 Å². The van der Waals surface area contributed by atoms with Crippen LogP contribution in [0.15, 0.2) is 52.7 Å². The molecule has 0 aliphatic heterocycles. The number of hydrogen-bond donors (Lipinski definition) is 1. The second kappa shape index (κ2) is 6.90. The first-order valence-corrected chi connectivity index (χ1v) is 6.34. The number of amides is 1. The Morgan fingerprint density at radius 2 is 2.00 bits per heavy atom. The van der Waals surface area contributed by atoms with Crippen LogP contribution in [0.2, 0.25) is 0 Å². The molecule has 22 heavy (non-hydrogen) atoms. The van der Waals surface area contributed by atoms with Crippen LogP contribution in [0.25, 0.3) is 6.08 Å². The molecule has 1 heterocycles. The molecule has 1 aromatic heterocycles. The van der Waals surface area contributed by atoms with E-state index in [4.69, 9.17) is 9.68 Å². The molecule has 0 saturated carbocycles. The number of hydrogen-bond acceptors (Lipinski definition) is 5. The zero-order valence-corrected chi connectivity index (χ0v) is 11.4. The van der Waals surface area contributed by atoms with Gasteiger partial charge in [-0.15, -0.1) is 0 Å². The van der Waals surface area contributed by atoms with Gasteiger partial charge in [0.05, 0.1) is 18.8 Å². The molecule has 6 nitrogen and oxygen atoms in total. The van der Waals surface area contributed by atoms with Gasteiger partial charge in [-0.25, -0.2) is 0 Å². The predicted molar refractivity (Wildman–Crippen MR) is 74.9 cm³/mol. The molecule has 0 spiro atoms. The Bertz CT molecular complexity index is 737. The Hall–Kier alpha value is -3.33. The van der Waals surface area contributed by atoms with E-state index in [1.165, 1.54) is 36.6 Å². The lowest BCUT2D eigenvalue weighted by Gasteiger charge is -2.04. The van der Waals surface area contributed by atoms with Gasteiger partial charge in [0.2, 0.25) is 0 Å². The monoisotopic (exact) mass is 295 g/mol. The highest BCUT2D eigenvalue weighted by atomic mass is 16.4. The number of carboxylic acids is 1. The van der Waals surface area contributed by atoms with Crippen LogP contribution in [0, 0.1) is 11.3 Å². The number of nitrogens with zero attached hydrogens (tertiary/aromatic N) is 1. The van der Waals surface area contributed by atoms with Crippen molar-refractivity contribution in [3.63, 3.8) is 0 Å². The largest absolute Gasteiger partial charge is 0.545 e. The van der Waals surface area contributed by atoms with Crippen molar-refractivity contribution in [2.45, 2.75) is 6.54 Å². The SMILES string of the molecule is N#C/C(=C\c1ccc(C(=O)[O-])cc1)C(=O)NCc1ccco1. The Morgan fingerprint density at radius 3 is 2.55 bits per heavy atom. The molecule has 6 heteroatoms. The Balaban J connectivity index is 2.07. The van der Waals surface area contributed by atoms with E-state index in [9.17, 15) is 14.7 Å². The quantitative estimate of drug-likeness (QED) is 0.650. The molecule has 110 valence electrons. The molecule has 0 fully saturated rings. The highest BCUT2D eigenvalue weighted by molar-refractivity contribution is 6.01. The maximum absolute atomic E-state index is 11.9. The maximum Gasteiger partial charge on any atom is 0.262 e. The van der Waals surface area contributed by atoms with Crippen molar-refractivity contribution < 1.29 is 19.1 Å². The topological polar surface area (TPSA) is 106 Å². The van der Waals surface area contributed by atoms with Crippen molar-refractivity contribution in [2.24, 2.45) is 0 Å². The molecule has 0 aliphatic rings. The van der Waals surface area contributed by atoms with Crippen molar-refractivity contribution in [3.8, 4) is 6.07 Å². The number of rotatable bonds is 5. The van der Waals surface area contributed by atoms with Crippen LogP contribution in [0.4, 0.5) is 0 Å². The number of aromatic carboxylic acids is 1. The molecule has 1 aromatic carbocycles. The molecule has 0 aliphatic carbocycles. The summed E-state index contributed by atoms with van der Waals surface area (Å²) < 4.78 is 5.07. The first-order chi connectivity index (χ1) is 10.6. The van der Waals surface area contributed by atoms with Gasteiger partial charge in [-0.1, -0.05) is 24.3 Å². The Morgan fingerprint density at radius 1 is 1.27 bits per heavy atom. The van der Waals surface area contributed by atoms with Crippen LogP contribution in [0.1, 0.15) is 21.7 Å². The van der Waals surface area contributed by atoms with Crippen LogP contribution in [-0.2, 0) is 11.3 Å². The summed E-state index contributed by atoms with van der Waals surface area (Å²) in [7, 11) is 0. The van der Waals surface area contributed by atoms with Gasteiger partial charge in [0.15, 0.2) is 0 Å². The van der Waals surface area contributed by atoms with E-state index >= 15 is 0 Å². The molecule has 1 amide bonds. The van der Waals surface area contributed by atoms with Crippen LogP contribution >= 0.6 is 0 Å². The van der Waals surface area contributed by atoms with Crippen molar-refractivity contribution >= 4 is 18.0 Å². The Labute approximate surface area is 126 Å². The van der Waals surface area contributed by atoms with Gasteiger partial charge in [0.1, 0.15) is 17.4 Å². The van der Waals surface area contributed by atoms with Crippen LogP contribution in [0.3, 0.4) is 0 Å². The average molecular weight is 295 g/mol. The number of benzene rings is 1. The number of nitriles is 1. The predicted octanol–water partition coefficient (Wildman–Crippen LogP) is 0.866. The minimum absolute atomic E-state index is 0.0259. The fourth-order valence-corrected chi connectivity index (χ4v) is 1.71. The molecular weight excluding hydrogens is 284 g/mol. The summed E-state index contributed by atoms with van der Waals surface area (Å²) in [6, 6.07) is 10.9. The van der Waals surface area contributed by atoms with E-state index in [0.717, 1.165) is 0 Å². The summed E-state index contributed by atoms with van der Waals surface area (Å²) >= 11 is 0. The summed E-state index contributed by atoms with van der Waals surface area (Å²) in [5, 5.41) is 22.3. The zero-order chi connectivity index (χ0) is 15.9. The highest BCUT2D eigenvalue weighted by Gasteiger charge is 2.09. The smallest absolute Gasteiger partial charge is 0.262 e. The van der Waals surface area contributed by atoms with Gasteiger partial charge in [0.25, 0.3) is 5.91 Å². The third kappa shape index (κ3) is 3.84. The number of carboxylic acid groups (broad SMARTS) is 1. The molecule has 0 radical (unpaired) electrons. The Kier molecular flexibility index (Phi) is 4.73. The fourth-order valence-electron chi connectivity index (χ4n) is 1.71. The lowest BCUT2D eigenvalue weighted by atomic mass is 10.1. The summed E-state index contributed by atoms with van der Waals surface area (Å²) in [6.45, 7) is 0.175. The third-order valence-corrected chi connectivity index (χ3v) is 2.83. The molecule has 0 bridgehead atoms. The number of carbonyl (C=O) groups is 2. The lowest BCUT2D eigenvalue weighted by Crippen LogP contribution is -2.23. The summed E-state index contributed by atoms with van der Waals surface area (Å²) in [5.41, 5.74) is 0.473. The molecule has 2 rings (SSSR count). The normalized spacial score (nSPS) is 10.8. The van der Waals surface area contributed by atoms with E-state index in [1.807, 2.05) is 6.07 Å².